The molecule has 6 nitrogen and oxygen atoms in total. The SMILES string of the molecule is COc1ccc(N2CCN(C(=O)[C@@H](NC(=O)c3ccccc3Cl)C(C)C)CC2)cc1. The summed E-state index contributed by atoms with van der Waals surface area (Å²) in [6.07, 6.45) is 0. The summed E-state index contributed by atoms with van der Waals surface area (Å²) in [7, 11) is 1.65. The summed E-state index contributed by atoms with van der Waals surface area (Å²) in [5.41, 5.74) is 1.48. The minimum Gasteiger partial charge on any atom is -0.497 e. The molecule has 1 atom stereocenters. The minimum absolute atomic E-state index is 0.0384. The van der Waals surface area contributed by atoms with Crippen LogP contribution in [0.4, 0.5) is 5.69 Å². The van der Waals surface area contributed by atoms with Crippen molar-refractivity contribution in [2.24, 2.45) is 5.92 Å². The molecular formula is C23H28ClN3O3. The topological polar surface area (TPSA) is 61.9 Å². The van der Waals surface area contributed by atoms with E-state index in [9.17, 15) is 9.59 Å². The number of halogens is 1. The van der Waals surface area contributed by atoms with Crippen LogP contribution in [0.2, 0.25) is 5.02 Å². The van der Waals surface area contributed by atoms with Crippen LogP contribution in [0.1, 0.15) is 24.2 Å². The van der Waals surface area contributed by atoms with Crippen LogP contribution < -0.4 is 15.0 Å². The van der Waals surface area contributed by atoms with Gasteiger partial charge in [0.1, 0.15) is 11.8 Å². The molecule has 0 saturated carbocycles. The highest BCUT2D eigenvalue weighted by Crippen LogP contribution is 2.21. The van der Waals surface area contributed by atoms with E-state index in [-0.39, 0.29) is 17.7 Å². The van der Waals surface area contributed by atoms with Crippen molar-refractivity contribution in [2.75, 3.05) is 38.2 Å². The van der Waals surface area contributed by atoms with Crippen molar-refractivity contribution in [2.45, 2.75) is 19.9 Å². The third-order valence-corrected chi connectivity index (χ3v) is 5.70. The monoisotopic (exact) mass is 429 g/mol. The maximum Gasteiger partial charge on any atom is 0.253 e. The van der Waals surface area contributed by atoms with Crippen LogP contribution in [0.5, 0.6) is 5.75 Å². The average Bonchev–Trinajstić information content (AvgIpc) is 2.77. The first-order valence-electron chi connectivity index (χ1n) is 10.1. The Hall–Kier alpha value is -2.73. The van der Waals surface area contributed by atoms with Gasteiger partial charge in [0.05, 0.1) is 17.7 Å². The molecule has 0 unspecified atom stereocenters. The number of carbonyl (C=O) groups is 2. The molecule has 0 radical (unpaired) electrons. The Kier molecular flexibility index (Phi) is 7.21. The number of hydrogen-bond acceptors (Lipinski definition) is 4. The Morgan fingerprint density at radius 1 is 1.00 bits per heavy atom. The molecule has 0 spiro atoms. The Morgan fingerprint density at radius 3 is 2.20 bits per heavy atom. The molecule has 30 heavy (non-hydrogen) atoms. The van der Waals surface area contributed by atoms with Gasteiger partial charge in [-0.15, -0.1) is 0 Å². The highest BCUT2D eigenvalue weighted by molar-refractivity contribution is 6.33. The summed E-state index contributed by atoms with van der Waals surface area (Å²) in [5, 5.41) is 3.26. The molecule has 1 aliphatic heterocycles. The number of hydrogen-bond donors (Lipinski definition) is 1. The number of carbonyl (C=O) groups excluding carboxylic acids is 2. The number of nitrogens with one attached hydrogen (secondary N) is 1. The lowest BCUT2D eigenvalue weighted by molar-refractivity contribution is -0.134. The van der Waals surface area contributed by atoms with Gasteiger partial charge in [0.15, 0.2) is 0 Å². The maximum atomic E-state index is 13.2. The normalized spacial score (nSPS) is 15.1. The molecule has 1 N–H and O–H groups in total. The van der Waals surface area contributed by atoms with E-state index < -0.39 is 6.04 Å². The molecule has 1 aliphatic rings. The molecule has 0 aromatic heterocycles. The lowest BCUT2D eigenvalue weighted by atomic mass is 10.0. The summed E-state index contributed by atoms with van der Waals surface area (Å²) in [6, 6.07) is 14.2. The van der Waals surface area contributed by atoms with Crippen LogP contribution in [0.15, 0.2) is 48.5 Å². The van der Waals surface area contributed by atoms with Gasteiger partial charge in [0.25, 0.3) is 5.91 Å². The molecule has 1 fully saturated rings. The first kappa shape index (κ1) is 22.0. The first-order chi connectivity index (χ1) is 14.4. The van der Waals surface area contributed by atoms with Crippen molar-refractivity contribution in [3.63, 3.8) is 0 Å². The highest BCUT2D eigenvalue weighted by Gasteiger charge is 2.31. The number of rotatable bonds is 6. The fourth-order valence-corrected chi connectivity index (χ4v) is 3.77. The Balaban J connectivity index is 1.62. The van der Waals surface area contributed by atoms with Crippen LogP contribution >= 0.6 is 11.6 Å². The van der Waals surface area contributed by atoms with Gasteiger partial charge >= 0.3 is 0 Å². The minimum atomic E-state index is -0.596. The highest BCUT2D eigenvalue weighted by atomic mass is 35.5. The molecule has 2 amide bonds. The molecule has 2 aromatic carbocycles. The van der Waals surface area contributed by atoms with Crippen LogP contribution in [0.3, 0.4) is 0 Å². The predicted octanol–water partition coefficient (Wildman–Crippen LogP) is 3.45. The fraction of sp³-hybridized carbons (Fsp3) is 0.391. The zero-order chi connectivity index (χ0) is 21.7. The molecule has 1 heterocycles. The summed E-state index contributed by atoms with van der Waals surface area (Å²) in [6.45, 7) is 6.56. The second kappa shape index (κ2) is 9.85. The van der Waals surface area contributed by atoms with Crippen molar-refractivity contribution < 1.29 is 14.3 Å². The van der Waals surface area contributed by atoms with Gasteiger partial charge in [-0.3, -0.25) is 9.59 Å². The van der Waals surface area contributed by atoms with Gasteiger partial charge in [-0.05, 0) is 42.3 Å². The van der Waals surface area contributed by atoms with Gasteiger partial charge in [-0.2, -0.15) is 0 Å². The van der Waals surface area contributed by atoms with Gasteiger partial charge < -0.3 is 19.9 Å². The quantitative estimate of drug-likeness (QED) is 0.764. The van der Waals surface area contributed by atoms with Crippen molar-refractivity contribution in [3.8, 4) is 5.75 Å². The Labute approximate surface area is 182 Å². The van der Waals surface area contributed by atoms with Crippen molar-refractivity contribution >= 4 is 29.1 Å². The zero-order valence-corrected chi connectivity index (χ0v) is 18.4. The van der Waals surface area contributed by atoms with Crippen molar-refractivity contribution in [3.05, 3.63) is 59.1 Å². The maximum absolute atomic E-state index is 13.2. The Morgan fingerprint density at radius 2 is 1.63 bits per heavy atom. The molecule has 7 heteroatoms. The predicted molar refractivity (Wildman–Crippen MR) is 119 cm³/mol. The molecule has 160 valence electrons. The summed E-state index contributed by atoms with van der Waals surface area (Å²) >= 11 is 6.13. The third kappa shape index (κ3) is 5.05. The van der Waals surface area contributed by atoms with Crippen LogP contribution in [0, 0.1) is 5.92 Å². The number of nitrogens with zero attached hydrogens (tertiary/aromatic N) is 2. The largest absolute Gasteiger partial charge is 0.497 e. The van der Waals surface area contributed by atoms with E-state index in [1.54, 1.807) is 31.4 Å². The van der Waals surface area contributed by atoms with Gasteiger partial charge in [-0.1, -0.05) is 37.6 Å². The van der Waals surface area contributed by atoms with Crippen LogP contribution in [0.25, 0.3) is 0 Å². The second-order valence-electron chi connectivity index (χ2n) is 7.69. The van der Waals surface area contributed by atoms with Crippen molar-refractivity contribution in [1.29, 1.82) is 0 Å². The molecule has 2 aromatic rings. The van der Waals surface area contributed by atoms with Crippen molar-refractivity contribution in [1.82, 2.24) is 10.2 Å². The molecule has 0 aliphatic carbocycles. The van der Waals surface area contributed by atoms with E-state index in [1.807, 2.05) is 43.0 Å². The Bertz CT molecular complexity index is 878. The number of piperazine rings is 1. The second-order valence-corrected chi connectivity index (χ2v) is 8.09. The molecule has 3 rings (SSSR count). The van der Waals surface area contributed by atoms with Gasteiger partial charge in [-0.25, -0.2) is 0 Å². The van der Waals surface area contributed by atoms with Gasteiger partial charge in [0, 0.05) is 31.9 Å². The number of amides is 2. The first-order valence-corrected chi connectivity index (χ1v) is 10.5. The molecular weight excluding hydrogens is 402 g/mol. The third-order valence-electron chi connectivity index (χ3n) is 5.37. The molecule has 0 bridgehead atoms. The number of benzene rings is 2. The van der Waals surface area contributed by atoms with Crippen LogP contribution in [-0.2, 0) is 4.79 Å². The van der Waals surface area contributed by atoms with E-state index in [2.05, 4.69) is 10.2 Å². The number of ether oxygens (including phenoxy) is 1. The van der Waals surface area contributed by atoms with E-state index in [0.29, 0.717) is 23.7 Å². The lowest BCUT2D eigenvalue weighted by Gasteiger charge is -2.38. The van der Waals surface area contributed by atoms with Gasteiger partial charge in [0.2, 0.25) is 5.91 Å². The summed E-state index contributed by atoms with van der Waals surface area (Å²) < 4.78 is 5.21. The lowest BCUT2D eigenvalue weighted by Crippen LogP contribution is -2.56. The fourth-order valence-electron chi connectivity index (χ4n) is 3.55. The van der Waals surface area contributed by atoms with E-state index in [0.717, 1.165) is 24.5 Å². The molecule has 1 saturated heterocycles. The number of anilines is 1. The van der Waals surface area contributed by atoms with E-state index >= 15 is 0 Å². The summed E-state index contributed by atoms with van der Waals surface area (Å²) in [5.74, 6) is 0.398. The zero-order valence-electron chi connectivity index (χ0n) is 17.6. The smallest absolute Gasteiger partial charge is 0.253 e. The van der Waals surface area contributed by atoms with Crippen LogP contribution in [-0.4, -0.2) is 56.0 Å². The average molecular weight is 430 g/mol. The van der Waals surface area contributed by atoms with E-state index in [1.165, 1.54) is 0 Å². The standard InChI is InChI=1S/C23H28ClN3O3/c1-16(2)21(25-22(28)19-6-4-5-7-20(19)24)23(29)27-14-12-26(13-15-27)17-8-10-18(30-3)11-9-17/h4-11,16,21H,12-15H2,1-3H3,(H,25,28)/t21-/m0/s1. The van der Waals surface area contributed by atoms with E-state index in [4.69, 9.17) is 16.3 Å². The number of methoxy groups -OCH3 is 1. The summed E-state index contributed by atoms with van der Waals surface area (Å²) in [4.78, 5) is 29.9.